The molecule has 2 atom stereocenters. The average molecular weight is 382 g/mol. The highest BCUT2D eigenvalue weighted by Gasteiger charge is 2.38. The highest BCUT2D eigenvalue weighted by molar-refractivity contribution is 6.30. The van der Waals surface area contributed by atoms with Gasteiger partial charge in [-0.1, -0.05) is 54.1 Å². The molecule has 1 saturated heterocycles. The molecule has 0 N–H and O–H groups in total. The van der Waals surface area contributed by atoms with Crippen molar-refractivity contribution < 1.29 is 9.53 Å². The predicted molar refractivity (Wildman–Crippen MR) is 109 cm³/mol. The van der Waals surface area contributed by atoms with Crippen molar-refractivity contribution in [2.45, 2.75) is 51.3 Å². The summed E-state index contributed by atoms with van der Waals surface area (Å²) in [6.45, 7) is 2.38. The average Bonchev–Trinajstić information content (AvgIpc) is 2.65. The van der Waals surface area contributed by atoms with Crippen LogP contribution in [0.1, 0.15) is 42.4 Å². The van der Waals surface area contributed by atoms with Crippen LogP contribution in [-0.4, -0.2) is 23.1 Å². The number of ether oxygens (including phenoxy) is 1. The topological polar surface area (TPSA) is 29.5 Å². The minimum Gasteiger partial charge on any atom is -0.445 e. The first-order valence-corrected chi connectivity index (χ1v) is 9.95. The number of piperidine rings is 1. The van der Waals surface area contributed by atoms with Gasteiger partial charge in [0.2, 0.25) is 0 Å². The number of amides is 1. The molecule has 2 aromatic carbocycles. The molecule has 1 fully saturated rings. The lowest BCUT2D eigenvalue weighted by atomic mass is 9.83. The summed E-state index contributed by atoms with van der Waals surface area (Å²) in [5, 5.41) is 0.765. The van der Waals surface area contributed by atoms with Crippen LogP contribution in [0.4, 0.5) is 4.79 Å². The zero-order valence-electron chi connectivity index (χ0n) is 15.5. The van der Waals surface area contributed by atoms with Crippen molar-refractivity contribution >= 4 is 23.3 Å². The molecule has 0 aliphatic carbocycles. The highest BCUT2D eigenvalue weighted by Crippen LogP contribution is 2.38. The van der Waals surface area contributed by atoms with Crippen molar-refractivity contribution in [1.82, 2.24) is 4.90 Å². The van der Waals surface area contributed by atoms with Crippen LogP contribution in [0.5, 0.6) is 0 Å². The van der Waals surface area contributed by atoms with Gasteiger partial charge in [0.15, 0.2) is 0 Å². The summed E-state index contributed by atoms with van der Waals surface area (Å²) < 4.78 is 5.62. The first-order chi connectivity index (χ1) is 13.1. The molecule has 27 heavy (non-hydrogen) atoms. The lowest BCUT2D eigenvalue weighted by molar-refractivity contribution is 0.0510. The maximum absolute atomic E-state index is 12.8. The Bertz CT molecular complexity index is 842. The molecular weight excluding hydrogens is 358 g/mol. The summed E-state index contributed by atoms with van der Waals surface area (Å²) in [4.78, 5) is 14.7. The lowest BCUT2D eigenvalue weighted by Crippen LogP contribution is -2.51. The van der Waals surface area contributed by atoms with E-state index in [0.29, 0.717) is 6.61 Å². The Labute approximate surface area is 165 Å². The summed E-state index contributed by atoms with van der Waals surface area (Å²) in [7, 11) is 0. The van der Waals surface area contributed by atoms with Crippen molar-refractivity contribution in [2.75, 3.05) is 0 Å². The number of carbonyl (C=O) groups is 1. The van der Waals surface area contributed by atoms with E-state index in [2.05, 4.69) is 19.1 Å². The minimum atomic E-state index is -0.203. The number of halogens is 1. The number of hydrogen-bond donors (Lipinski definition) is 0. The van der Waals surface area contributed by atoms with Crippen LogP contribution < -0.4 is 0 Å². The van der Waals surface area contributed by atoms with Crippen molar-refractivity contribution in [1.29, 1.82) is 0 Å². The standard InChI is InChI=1S/C23H24ClNO2/c1-16-10-18(12-20(24)11-16)19-13-21-8-5-9-22(14-19)25(21)23(26)27-15-17-6-3-2-4-7-17/h2-4,6-7,10-13,21-22H,5,8-9,14-15H2,1H3. The fraction of sp³-hybridized carbons (Fsp3) is 0.348. The van der Waals surface area contributed by atoms with Gasteiger partial charge in [-0.25, -0.2) is 4.79 Å². The van der Waals surface area contributed by atoms with Gasteiger partial charge >= 0.3 is 6.09 Å². The molecule has 2 aliphatic heterocycles. The number of hydrogen-bond acceptors (Lipinski definition) is 2. The Morgan fingerprint density at radius 3 is 2.74 bits per heavy atom. The molecule has 2 heterocycles. The van der Waals surface area contributed by atoms with E-state index in [1.807, 2.05) is 47.4 Å². The normalized spacial score (nSPS) is 21.6. The monoisotopic (exact) mass is 381 g/mol. The van der Waals surface area contributed by atoms with Crippen LogP contribution in [0.3, 0.4) is 0 Å². The first-order valence-electron chi connectivity index (χ1n) is 9.57. The van der Waals surface area contributed by atoms with E-state index >= 15 is 0 Å². The summed E-state index contributed by atoms with van der Waals surface area (Å²) in [5.41, 5.74) is 4.64. The maximum atomic E-state index is 12.8. The van der Waals surface area contributed by atoms with E-state index in [1.165, 1.54) is 11.1 Å². The second kappa shape index (κ2) is 7.77. The molecule has 0 radical (unpaired) electrons. The second-order valence-corrected chi connectivity index (χ2v) is 7.95. The van der Waals surface area contributed by atoms with E-state index in [0.717, 1.165) is 41.8 Å². The molecular formula is C23H24ClNO2. The van der Waals surface area contributed by atoms with Gasteiger partial charge in [-0.3, -0.25) is 4.90 Å². The van der Waals surface area contributed by atoms with Crippen LogP contribution >= 0.6 is 11.6 Å². The Morgan fingerprint density at radius 2 is 2.00 bits per heavy atom. The smallest absolute Gasteiger partial charge is 0.410 e. The van der Waals surface area contributed by atoms with Gasteiger partial charge in [0.25, 0.3) is 0 Å². The van der Waals surface area contributed by atoms with Crippen molar-refractivity contribution in [3.05, 3.63) is 76.3 Å². The predicted octanol–water partition coefficient (Wildman–Crippen LogP) is 6.00. The maximum Gasteiger partial charge on any atom is 0.410 e. The fourth-order valence-corrected chi connectivity index (χ4v) is 4.53. The van der Waals surface area contributed by atoms with Crippen molar-refractivity contribution in [3.63, 3.8) is 0 Å². The quantitative estimate of drug-likeness (QED) is 0.652. The fourth-order valence-electron chi connectivity index (χ4n) is 4.24. The van der Waals surface area contributed by atoms with E-state index in [1.54, 1.807) is 0 Å². The largest absolute Gasteiger partial charge is 0.445 e. The summed E-state index contributed by atoms with van der Waals surface area (Å²) >= 11 is 6.26. The first kappa shape index (κ1) is 18.1. The van der Waals surface area contributed by atoms with Gasteiger partial charge in [-0.05, 0) is 67.0 Å². The molecule has 2 unspecified atom stereocenters. The number of rotatable bonds is 3. The molecule has 0 aromatic heterocycles. The van der Waals surface area contributed by atoms with Gasteiger partial charge in [-0.15, -0.1) is 0 Å². The number of fused-ring (bicyclic) bond motifs is 2. The summed E-state index contributed by atoms with van der Waals surface area (Å²) in [6.07, 6.45) is 6.05. The van der Waals surface area contributed by atoms with E-state index < -0.39 is 0 Å². The van der Waals surface area contributed by atoms with Crippen molar-refractivity contribution in [3.8, 4) is 0 Å². The summed E-state index contributed by atoms with van der Waals surface area (Å²) in [6, 6.07) is 16.3. The second-order valence-electron chi connectivity index (χ2n) is 7.51. The molecule has 0 spiro atoms. The molecule has 2 bridgehead atoms. The lowest BCUT2D eigenvalue weighted by Gasteiger charge is -2.44. The SMILES string of the molecule is Cc1cc(Cl)cc(C2=CC3CCCC(C2)N3C(=O)OCc2ccccc2)c1. The van der Waals surface area contributed by atoms with E-state index in [9.17, 15) is 4.79 Å². The number of nitrogens with zero attached hydrogens (tertiary/aromatic N) is 1. The Morgan fingerprint density at radius 1 is 1.19 bits per heavy atom. The molecule has 1 amide bonds. The molecule has 4 heteroatoms. The number of carbonyl (C=O) groups excluding carboxylic acids is 1. The molecule has 140 valence electrons. The van der Waals surface area contributed by atoms with Gasteiger partial charge in [0.05, 0.1) is 6.04 Å². The van der Waals surface area contributed by atoms with Gasteiger partial charge in [0, 0.05) is 11.1 Å². The van der Waals surface area contributed by atoms with Gasteiger partial charge in [-0.2, -0.15) is 0 Å². The minimum absolute atomic E-state index is 0.107. The molecule has 3 nitrogen and oxygen atoms in total. The van der Waals surface area contributed by atoms with Crippen LogP contribution in [0.2, 0.25) is 5.02 Å². The third kappa shape index (κ3) is 4.03. The zero-order chi connectivity index (χ0) is 18.8. The molecule has 2 aromatic rings. The molecule has 2 aliphatic rings. The van der Waals surface area contributed by atoms with E-state index in [4.69, 9.17) is 16.3 Å². The van der Waals surface area contributed by atoms with Crippen LogP contribution in [0, 0.1) is 6.92 Å². The Balaban J connectivity index is 1.52. The number of aryl methyl sites for hydroxylation is 1. The van der Waals surface area contributed by atoms with E-state index in [-0.39, 0.29) is 18.2 Å². The summed E-state index contributed by atoms with van der Waals surface area (Å²) in [5.74, 6) is 0. The molecule has 4 rings (SSSR count). The highest BCUT2D eigenvalue weighted by atomic mass is 35.5. The Kier molecular flexibility index (Phi) is 5.22. The zero-order valence-corrected chi connectivity index (χ0v) is 16.3. The molecule has 0 saturated carbocycles. The third-order valence-electron chi connectivity index (χ3n) is 5.47. The third-order valence-corrected chi connectivity index (χ3v) is 5.68. The Hall–Kier alpha value is -2.26. The van der Waals surface area contributed by atoms with Crippen LogP contribution in [0.15, 0.2) is 54.6 Å². The van der Waals surface area contributed by atoms with Crippen LogP contribution in [0.25, 0.3) is 5.57 Å². The number of benzene rings is 2. The van der Waals surface area contributed by atoms with Crippen molar-refractivity contribution in [2.24, 2.45) is 0 Å². The van der Waals surface area contributed by atoms with Gasteiger partial charge < -0.3 is 4.74 Å². The van der Waals surface area contributed by atoms with Gasteiger partial charge in [0.1, 0.15) is 6.61 Å². The van der Waals surface area contributed by atoms with Crippen LogP contribution in [-0.2, 0) is 11.3 Å².